The smallest absolute Gasteiger partial charge is 0.226 e. The van der Waals surface area contributed by atoms with Gasteiger partial charge in [-0.05, 0) is 50.5 Å². The highest BCUT2D eigenvalue weighted by Crippen LogP contribution is 2.23. The van der Waals surface area contributed by atoms with E-state index in [4.69, 9.17) is 4.74 Å². The van der Waals surface area contributed by atoms with Crippen LogP contribution in [0.25, 0.3) is 0 Å². The molecule has 20 heavy (non-hydrogen) atoms. The summed E-state index contributed by atoms with van der Waals surface area (Å²) in [5, 5.41) is 3.18. The van der Waals surface area contributed by atoms with E-state index in [2.05, 4.69) is 42.1 Å². The lowest BCUT2D eigenvalue weighted by atomic mass is 10.1. The van der Waals surface area contributed by atoms with Crippen LogP contribution in [0.1, 0.15) is 30.2 Å². The minimum Gasteiger partial charge on any atom is -0.439 e. The van der Waals surface area contributed by atoms with Crippen LogP contribution in [0.5, 0.6) is 11.6 Å². The van der Waals surface area contributed by atoms with Crippen LogP contribution < -0.4 is 10.1 Å². The minimum atomic E-state index is 0.569. The quantitative estimate of drug-likeness (QED) is 0.892. The molecule has 0 aliphatic rings. The molecule has 0 saturated carbocycles. The van der Waals surface area contributed by atoms with E-state index in [1.807, 2.05) is 25.1 Å². The molecule has 0 aliphatic heterocycles. The fraction of sp³-hybridized carbons (Fsp3) is 0.375. The molecule has 0 fully saturated rings. The number of ether oxygens (including phenoxy) is 1. The van der Waals surface area contributed by atoms with Crippen molar-refractivity contribution in [1.29, 1.82) is 0 Å². The average molecular weight is 271 g/mol. The topological polar surface area (TPSA) is 47.0 Å². The first-order valence-corrected chi connectivity index (χ1v) is 6.93. The molecular formula is C16H21N3O. The highest BCUT2D eigenvalue weighted by molar-refractivity contribution is 5.37. The Kier molecular flexibility index (Phi) is 4.56. The van der Waals surface area contributed by atoms with Crippen molar-refractivity contribution >= 4 is 5.95 Å². The van der Waals surface area contributed by atoms with Crippen molar-refractivity contribution in [3.63, 3.8) is 0 Å². The average Bonchev–Trinajstić information content (AvgIpc) is 2.40. The van der Waals surface area contributed by atoms with Gasteiger partial charge in [-0.1, -0.05) is 13.0 Å². The number of nitrogens with one attached hydrogen (secondary N) is 1. The fourth-order valence-corrected chi connectivity index (χ4v) is 1.81. The number of aryl methyl sites for hydroxylation is 3. The molecule has 1 aromatic carbocycles. The molecule has 4 nitrogen and oxygen atoms in total. The molecular weight excluding hydrogens is 250 g/mol. The van der Waals surface area contributed by atoms with Crippen molar-refractivity contribution in [1.82, 2.24) is 9.97 Å². The predicted molar refractivity (Wildman–Crippen MR) is 81.5 cm³/mol. The monoisotopic (exact) mass is 271 g/mol. The number of anilines is 1. The number of hydrogen-bond acceptors (Lipinski definition) is 4. The van der Waals surface area contributed by atoms with E-state index in [0.29, 0.717) is 11.8 Å². The summed E-state index contributed by atoms with van der Waals surface area (Å²) in [6.07, 6.45) is 1.03. The van der Waals surface area contributed by atoms with E-state index in [1.54, 1.807) is 0 Å². The molecule has 0 unspecified atom stereocenters. The number of benzene rings is 1. The maximum atomic E-state index is 5.82. The largest absolute Gasteiger partial charge is 0.439 e. The second-order valence-corrected chi connectivity index (χ2v) is 4.95. The van der Waals surface area contributed by atoms with Gasteiger partial charge in [0, 0.05) is 18.3 Å². The standard InChI is InChI=1S/C16H21N3O/c1-5-8-17-16-18-13(4)10-15(19-16)20-14-7-6-11(2)12(3)9-14/h6-7,9-10H,5,8H2,1-4H3,(H,17,18,19). The van der Waals surface area contributed by atoms with Crippen molar-refractivity contribution < 1.29 is 4.74 Å². The zero-order chi connectivity index (χ0) is 14.5. The molecule has 0 saturated heterocycles. The minimum absolute atomic E-state index is 0.569. The molecule has 1 heterocycles. The van der Waals surface area contributed by atoms with Crippen LogP contribution in [-0.2, 0) is 0 Å². The molecule has 0 bridgehead atoms. The Bertz CT molecular complexity index is 596. The first kappa shape index (κ1) is 14.3. The van der Waals surface area contributed by atoms with Crippen LogP contribution in [0.4, 0.5) is 5.95 Å². The zero-order valence-corrected chi connectivity index (χ0v) is 12.5. The second kappa shape index (κ2) is 6.37. The molecule has 0 aliphatic carbocycles. The molecule has 2 rings (SSSR count). The second-order valence-electron chi connectivity index (χ2n) is 4.95. The lowest BCUT2D eigenvalue weighted by Gasteiger charge is -2.10. The van der Waals surface area contributed by atoms with Gasteiger partial charge in [-0.2, -0.15) is 4.98 Å². The van der Waals surface area contributed by atoms with Crippen LogP contribution in [-0.4, -0.2) is 16.5 Å². The van der Waals surface area contributed by atoms with Gasteiger partial charge in [-0.3, -0.25) is 0 Å². The van der Waals surface area contributed by atoms with E-state index in [9.17, 15) is 0 Å². The molecule has 1 aromatic heterocycles. The van der Waals surface area contributed by atoms with Gasteiger partial charge in [-0.25, -0.2) is 4.98 Å². The molecule has 0 amide bonds. The van der Waals surface area contributed by atoms with Crippen molar-refractivity contribution in [3.05, 3.63) is 41.1 Å². The molecule has 0 spiro atoms. The molecule has 0 radical (unpaired) electrons. The molecule has 106 valence electrons. The first-order valence-electron chi connectivity index (χ1n) is 6.93. The Hall–Kier alpha value is -2.10. The number of aromatic nitrogens is 2. The first-order chi connectivity index (χ1) is 9.58. The van der Waals surface area contributed by atoms with Crippen LogP contribution in [0.3, 0.4) is 0 Å². The summed E-state index contributed by atoms with van der Waals surface area (Å²) in [4.78, 5) is 8.72. The van der Waals surface area contributed by atoms with Crippen molar-refractivity contribution in [2.24, 2.45) is 0 Å². The summed E-state index contributed by atoms with van der Waals surface area (Å²) in [6.45, 7) is 9.05. The molecule has 0 atom stereocenters. The summed E-state index contributed by atoms with van der Waals surface area (Å²) in [6, 6.07) is 7.87. The van der Waals surface area contributed by atoms with Crippen molar-refractivity contribution in [2.45, 2.75) is 34.1 Å². The van der Waals surface area contributed by atoms with E-state index < -0.39 is 0 Å². The van der Waals surface area contributed by atoms with Gasteiger partial charge in [0.2, 0.25) is 11.8 Å². The van der Waals surface area contributed by atoms with Crippen molar-refractivity contribution in [2.75, 3.05) is 11.9 Å². The van der Waals surface area contributed by atoms with Gasteiger partial charge in [0.25, 0.3) is 0 Å². The van der Waals surface area contributed by atoms with Gasteiger partial charge in [0.05, 0.1) is 0 Å². The summed E-state index contributed by atoms with van der Waals surface area (Å²) in [5.74, 6) is 1.98. The van der Waals surface area contributed by atoms with E-state index >= 15 is 0 Å². The third kappa shape index (κ3) is 3.70. The van der Waals surface area contributed by atoms with Gasteiger partial charge in [0.15, 0.2) is 0 Å². The van der Waals surface area contributed by atoms with Crippen LogP contribution in [0.2, 0.25) is 0 Å². The molecule has 1 N–H and O–H groups in total. The summed E-state index contributed by atoms with van der Waals surface area (Å²) in [7, 11) is 0. The number of rotatable bonds is 5. The SMILES string of the molecule is CCCNc1nc(C)cc(Oc2ccc(C)c(C)c2)n1. The van der Waals surface area contributed by atoms with Gasteiger partial charge in [0.1, 0.15) is 5.75 Å². The van der Waals surface area contributed by atoms with Crippen LogP contribution in [0, 0.1) is 20.8 Å². The van der Waals surface area contributed by atoms with Crippen LogP contribution >= 0.6 is 0 Å². The summed E-state index contributed by atoms with van der Waals surface area (Å²) < 4.78 is 5.82. The lowest BCUT2D eigenvalue weighted by molar-refractivity contribution is 0.461. The predicted octanol–water partition coefficient (Wildman–Crippen LogP) is 4.02. The van der Waals surface area contributed by atoms with E-state index in [0.717, 1.165) is 24.4 Å². The Labute approximate surface area is 120 Å². The highest BCUT2D eigenvalue weighted by Gasteiger charge is 2.05. The van der Waals surface area contributed by atoms with E-state index in [1.165, 1.54) is 11.1 Å². The maximum Gasteiger partial charge on any atom is 0.226 e. The lowest BCUT2D eigenvalue weighted by Crippen LogP contribution is -2.05. The zero-order valence-electron chi connectivity index (χ0n) is 12.5. The Morgan fingerprint density at radius 3 is 2.55 bits per heavy atom. The Morgan fingerprint density at radius 1 is 1.05 bits per heavy atom. The third-order valence-corrected chi connectivity index (χ3v) is 3.06. The maximum absolute atomic E-state index is 5.82. The highest BCUT2D eigenvalue weighted by atomic mass is 16.5. The molecule has 2 aromatic rings. The van der Waals surface area contributed by atoms with Gasteiger partial charge >= 0.3 is 0 Å². The normalized spacial score (nSPS) is 10.4. The fourth-order valence-electron chi connectivity index (χ4n) is 1.81. The van der Waals surface area contributed by atoms with Gasteiger partial charge in [-0.15, -0.1) is 0 Å². The molecule has 4 heteroatoms. The Balaban J connectivity index is 2.19. The Morgan fingerprint density at radius 2 is 1.85 bits per heavy atom. The summed E-state index contributed by atoms with van der Waals surface area (Å²) in [5.41, 5.74) is 3.34. The number of hydrogen-bond donors (Lipinski definition) is 1. The van der Waals surface area contributed by atoms with Gasteiger partial charge < -0.3 is 10.1 Å². The number of nitrogens with zero attached hydrogens (tertiary/aromatic N) is 2. The van der Waals surface area contributed by atoms with Crippen molar-refractivity contribution in [3.8, 4) is 11.6 Å². The van der Waals surface area contributed by atoms with E-state index in [-0.39, 0.29) is 0 Å². The summed E-state index contributed by atoms with van der Waals surface area (Å²) >= 11 is 0. The van der Waals surface area contributed by atoms with Crippen LogP contribution in [0.15, 0.2) is 24.3 Å². The third-order valence-electron chi connectivity index (χ3n) is 3.06.